The Morgan fingerprint density at radius 3 is 2.13 bits per heavy atom. The molecule has 126 valence electrons. The molecule has 23 heavy (non-hydrogen) atoms. The maximum absolute atomic E-state index is 12.6. The third-order valence-corrected chi connectivity index (χ3v) is 3.90. The van der Waals surface area contributed by atoms with Gasteiger partial charge in [-0.3, -0.25) is 9.59 Å². The van der Waals surface area contributed by atoms with Crippen LogP contribution in [0, 0.1) is 0 Å². The summed E-state index contributed by atoms with van der Waals surface area (Å²) in [5.41, 5.74) is 6.15. The highest BCUT2D eigenvalue weighted by Gasteiger charge is 2.26. The van der Waals surface area contributed by atoms with Crippen LogP contribution in [0.3, 0.4) is 0 Å². The van der Waals surface area contributed by atoms with Crippen LogP contribution in [0.25, 0.3) is 0 Å². The van der Waals surface area contributed by atoms with Crippen LogP contribution in [0.1, 0.15) is 17.3 Å². The number of methoxy groups -OCH3 is 2. The Morgan fingerprint density at radius 2 is 1.61 bits per heavy atom. The van der Waals surface area contributed by atoms with E-state index in [1.165, 1.54) is 7.11 Å². The first-order chi connectivity index (χ1) is 11.0. The van der Waals surface area contributed by atoms with E-state index < -0.39 is 6.04 Å². The lowest BCUT2D eigenvalue weighted by Gasteiger charge is -2.35. The van der Waals surface area contributed by atoms with Gasteiger partial charge in [0.2, 0.25) is 5.91 Å². The third kappa shape index (κ3) is 3.73. The highest BCUT2D eigenvalue weighted by molar-refractivity contribution is 5.95. The van der Waals surface area contributed by atoms with Crippen molar-refractivity contribution < 1.29 is 19.1 Å². The van der Waals surface area contributed by atoms with Crippen LogP contribution < -0.4 is 15.2 Å². The van der Waals surface area contributed by atoms with Crippen LogP contribution in [0.5, 0.6) is 11.5 Å². The predicted octanol–water partition coefficient (Wildman–Crippen LogP) is 0.335. The predicted molar refractivity (Wildman–Crippen MR) is 85.7 cm³/mol. The van der Waals surface area contributed by atoms with Crippen molar-refractivity contribution in [2.45, 2.75) is 13.0 Å². The fourth-order valence-corrected chi connectivity index (χ4v) is 2.57. The summed E-state index contributed by atoms with van der Waals surface area (Å²) in [5, 5.41) is 0. The van der Waals surface area contributed by atoms with E-state index in [9.17, 15) is 9.59 Å². The standard InChI is InChI=1S/C16H23N3O4/c1-11(17)15(20)18-6-8-19(9-7-18)16(21)12-4-5-13(22-2)14(10-12)23-3/h4-5,10-11H,6-9,17H2,1-3H3/t11-/m1/s1. The first kappa shape index (κ1) is 17.1. The summed E-state index contributed by atoms with van der Waals surface area (Å²) in [6.07, 6.45) is 0. The second kappa shape index (κ2) is 7.32. The Balaban J connectivity index is 2.04. The molecule has 1 fully saturated rings. The molecule has 1 atom stereocenters. The van der Waals surface area contributed by atoms with Crippen LogP contribution in [0.4, 0.5) is 0 Å². The molecule has 1 heterocycles. The Labute approximate surface area is 135 Å². The van der Waals surface area contributed by atoms with Crippen molar-refractivity contribution in [2.75, 3.05) is 40.4 Å². The molecule has 7 nitrogen and oxygen atoms in total. The van der Waals surface area contributed by atoms with Crippen LogP contribution in [-0.2, 0) is 4.79 Å². The van der Waals surface area contributed by atoms with Gasteiger partial charge < -0.3 is 25.0 Å². The summed E-state index contributed by atoms with van der Waals surface area (Å²) in [4.78, 5) is 27.9. The number of nitrogens with zero attached hydrogens (tertiary/aromatic N) is 2. The van der Waals surface area contributed by atoms with Crippen LogP contribution in [0.15, 0.2) is 18.2 Å². The number of amides is 2. The van der Waals surface area contributed by atoms with Gasteiger partial charge in [-0.1, -0.05) is 0 Å². The van der Waals surface area contributed by atoms with E-state index in [0.29, 0.717) is 43.2 Å². The van der Waals surface area contributed by atoms with Gasteiger partial charge in [0.1, 0.15) is 0 Å². The molecule has 2 amide bonds. The molecular formula is C16H23N3O4. The molecule has 0 aromatic heterocycles. The molecular weight excluding hydrogens is 298 g/mol. The third-order valence-electron chi connectivity index (χ3n) is 3.90. The highest BCUT2D eigenvalue weighted by Crippen LogP contribution is 2.28. The summed E-state index contributed by atoms with van der Waals surface area (Å²) in [6, 6.07) is 4.58. The molecule has 2 rings (SSSR count). The van der Waals surface area contributed by atoms with Crippen molar-refractivity contribution in [1.29, 1.82) is 0 Å². The zero-order valence-electron chi connectivity index (χ0n) is 13.7. The van der Waals surface area contributed by atoms with Gasteiger partial charge in [0.25, 0.3) is 5.91 Å². The van der Waals surface area contributed by atoms with Crippen molar-refractivity contribution in [1.82, 2.24) is 9.80 Å². The molecule has 0 bridgehead atoms. The van der Waals surface area contributed by atoms with Crippen molar-refractivity contribution in [3.05, 3.63) is 23.8 Å². The second-order valence-electron chi connectivity index (χ2n) is 5.48. The van der Waals surface area contributed by atoms with Gasteiger partial charge in [0.15, 0.2) is 11.5 Å². The van der Waals surface area contributed by atoms with Gasteiger partial charge in [0.05, 0.1) is 20.3 Å². The number of rotatable bonds is 4. The minimum absolute atomic E-state index is 0.0804. The SMILES string of the molecule is COc1ccc(C(=O)N2CCN(C(=O)[C@@H](C)N)CC2)cc1OC. The lowest BCUT2D eigenvalue weighted by atomic mass is 10.1. The van der Waals surface area contributed by atoms with Gasteiger partial charge in [-0.15, -0.1) is 0 Å². The molecule has 0 unspecified atom stereocenters. The number of nitrogens with two attached hydrogens (primary N) is 1. The molecule has 0 spiro atoms. The Hall–Kier alpha value is -2.28. The summed E-state index contributed by atoms with van der Waals surface area (Å²) in [5.74, 6) is 0.933. The Kier molecular flexibility index (Phi) is 5.44. The van der Waals surface area contributed by atoms with E-state index in [0.717, 1.165) is 0 Å². The average molecular weight is 321 g/mol. The van der Waals surface area contributed by atoms with Crippen molar-refractivity contribution in [2.24, 2.45) is 5.73 Å². The Bertz CT molecular complexity index is 581. The number of carbonyl (C=O) groups excluding carboxylic acids is 2. The highest BCUT2D eigenvalue weighted by atomic mass is 16.5. The number of hydrogen-bond acceptors (Lipinski definition) is 5. The van der Waals surface area contributed by atoms with Crippen molar-refractivity contribution in [3.63, 3.8) is 0 Å². The lowest BCUT2D eigenvalue weighted by molar-refractivity contribution is -0.133. The van der Waals surface area contributed by atoms with Crippen LogP contribution in [-0.4, -0.2) is 68.1 Å². The van der Waals surface area contributed by atoms with E-state index in [1.807, 2.05) is 0 Å². The smallest absolute Gasteiger partial charge is 0.254 e. The van der Waals surface area contributed by atoms with Crippen molar-refractivity contribution >= 4 is 11.8 Å². The first-order valence-corrected chi connectivity index (χ1v) is 7.53. The van der Waals surface area contributed by atoms with E-state index in [4.69, 9.17) is 15.2 Å². The Morgan fingerprint density at radius 1 is 1.04 bits per heavy atom. The fourth-order valence-electron chi connectivity index (χ4n) is 2.57. The van der Waals surface area contributed by atoms with Gasteiger partial charge in [0, 0.05) is 31.7 Å². The number of piperazine rings is 1. The molecule has 0 radical (unpaired) electrons. The molecule has 1 aromatic carbocycles. The number of hydrogen-bond donors (Lipinski definition) is 1. The molecule has 1 aliphatic heterocycles. The number of carbonyl (C=O) groups is 2. The molecule has 1 aromatic rings. The minimum Gasteiger partial charge on any atom is -0.493 e. The van der Waals surface area contributed by atoms with Crippen LogP contribution in [0.2, 0.25) is 0 Å². The first-order valence-electron chi connectivity index (χ1n) is 7.53. The molecule has 1 aliphatic rings. The molecule has 2 N–H and O–H groups in total. The van der Waals surface area contributed by atoms with E-state index >= 15 is 0 Å². The van der Waals surface area contributed by atoms with Crippen LogP contribution >= 0.6 is 0 Å². The van der Waals surface area contributed by atoms with Gasteiger partial charge in [-0.05, 0) is 25.1 Å². The zero-order valence-corrected chi connectivity index (χ0v) is 13.7. The number of benzene rings is 1. The molecule has 1 saturated heterocycles. The van der Waals surface area contributed by atoms with E-state index in [-0.39, 0.29) is 11.8 Å². The number of ether oxygens (including phenoxy) is 2. The summed E-state index contributed by atoms with van der Waals surface area (Å²) in [7, 11) is 3.08. The maximum atomic E-state index is 12.6. The van der Waals surface area contributed by atoms with E-state index in [1.54, 1.807) is 42.0 Å². The summed E-state index contributed by atoms with van der Waals surface area (Å²) in [6.45, 7) is 3.65. The van der Waals surface area contributed by atoms with E-state index in [2.05, 4.69) is 0 Å². The van der Waals surface area contributed by atoms with Gasteiger partial charge in [-0.25, -0.2) is 0 Å². The minimum atomic E-state index is -0.511. The zero-order chi connectivity index (χ0) is 17.0. The quantitative estimate of drug-likeness (QED) is 0.864. The largest absolute Gasteiger partial charge is 0.493 e. The van der Waals surface area contributed by atoms with Crippen molar-refractivity contribution in [3.8, 4) is 11.5 Å². The van der Waals surface area contributed by atoms with Gasteiger partial charge >= 0.3 is 0 Å². The molecule has 0 saturated carbocycles. The van der Waals surface area contributed by atoms with Gasteiger partial charge in [-0.2, -0.15) is 0 Å². The summed E-state index contributed by atoms with van der Waals surface area (Å²) >= 11 is 0. The fraction of sp³-hybridized carbons (Fsp3) is 0.500. The molecule has 0 aliphatic carbocycles. The second-order valence-corrected chi connectivity index (χ2v) is 5.48. The summed E-state index contributed by atoms with van der Waals surface area (Å²) < 4.78 is 10.4. The molecule has 7 heteroatoms. The normalized spacial score (nSPS) is 16.0. The average Bonchev–Trinajstić information content (AvgIpc) is 2.59. The monoisotopic (exact) mass is 321 g/mol. The maximum Gasteiger partial charge on any atom is 0.254 e. The topological polar surface area (TPSA) is 85.1 Å². The lowest BCUT2D eigenvalue weighted by Crippen LogP contribution is -2.53.